The number of carboxylic acids is 1. The Morgan fingerprint density at radius 2 is 2.00 bits per heavy atom. The van der Waals surface area contributed by atoms with E-state index in [1.54, 1.807) is 4.90 Å². The van der Waals surface area contributed by atoms with Crippen LogP contribution >= 0.6 is 0 Å². The van der Waals surface area contributed by atoms with Gasteiger partial charge in [0, 0.05) is 18.6 Å². The van der Waals surface area contributed by atoms with Gasteiger partial charge >= 0.3 is 12.0 Å². The normalized spacial score (nSPS) is 15.8. The highest BCUT2D eigenvalue weighted by Gasteiger charge is 2.31. The van der Waals surface area contributed by atoms with E-state index in [0.29, 0.717) is 13.1 Å². The fraction of sp³-hybridized carbons (Fsp3) is 0.667. The Kier molecular flexibility index (Phi) is 4.15. The monoisotopic (exact) mass is 240 g/mol. The van der Waals surface area contributed by atoms with Gasteiger partial charge in [-0.3, -0.25) is 4.79 Å². The van der Waals surface area contributed by atoms with E-state index >= 15 is 0 Å². The van der Waals surface area contributed by atoms with Crippen LogP contribution < -0.4 is 0 Å². The zero-order chi connectivity index (χ0) is 13.1. The Bertz CT molecular complexity index is 331. The number of carbonyl (C=O) groups is 2. The molecule has 0 spiro atoms. The molecule has 5 heteroatoms. The van der Waals surface area contributed by atoms with Gasteiger partial charge in [-0.25, -0.2) is 4.79 Å². The summed E-state index contributed by atoms with van der Waals surface area (Å²) in [4.78, 5) is 26.1. The van der Waals surface area contributed by atoms with Gasteiger partial charge in [0.05, 0.1) is 0 Å². The third-order valence-electron chi connectivity index (χ3n) is 2.66. The molecule has 0 saturated carbocycles. The Hall–Kier alpha value is -1.52. The number of carbonyl (C=O) groups excluding carboxylic acids is 1. The molecule has 5 nitrogen and oxygen atoms in total. The molecular weight excluding hydrogens is 220 g/mol. The summed E-state index contributed by atoms with van der Waals surface area (Å²) < 4.78 is 0. The molecule has 0 bridgehead atoms. The van der Waals surface area contributed by atoms with Crippen LogP contribution in [0.25, 0.3) is 0 Å². The summed E-state index contributed by atoms with van der Waals surface area (Å²) in [6, 6.07) is -0.204. The van der Waals surface area contributed by atoms with E-state index in [-0.39, 0.29) is 12.6 Å². The summed E-state index contributed by atoms with van der Waals surface area (Å²) in [5.74, 6) is -0.985. The second kappa shape index (κ2) is 5.21. The van der Waals surface area contributed by atoms with Crippen LogP contribution in [0.1, 0.15) is 27.2 Å². The van der Waals surface area contributed by atoms with Gasteiger partial charge in [0.1, 0.15) is 6.54 Å². The van der Waals surface area contributed by atoms with E-state index in [4.69, 9.17) is 5.11 Å². The minimum Gasteiger partial charge on any atom is -0.480 e. The quantitative estimate of drug-likeness (QED) is 0.745. The van der Waals surface area contributed by atoms with E-state index in [0.717, 1.165) is 6.42 Å². The van der Waals surface area contributed by atoms with Gasteiger partial charge in [0.25, 0.3) is 0 Å². The minimum atomic E-state index is -0.985. The van der Waals surface area contributed by atoms with Crippen molar-refractivity contribution in [1.29, 1.82) is 0 Å². The molecule has 1 aliphatic rings. The molecule has 0 aromatic heterocycles. The van der Waals surface area contributed by atoms with Crippen molar-refractivity contribution in [3.05, 3.63) is 12.2 Å². The fourth-order valence-corrected chi connectivity index (χ4v) is 1.71. The van der Waals surface area contributed by atoms with Crippen molar-refractivity contribution in [2.45, 2.75) is 32.7 Å². The van der Waals surface area contributed by atoms with Crippen LogP contribution in [0.5, 0.6) is 0 Å². The van der Waals surface area contributed by atoms with E-state index in [1.165, 1.54) is 4.90 Å². The number of hydrogen-bond donors (Lipinski definition) is 1. The molecule has 0 saturated heterocycles. The largest absolute Gasteiger partial charge is 0.480 e. The van der Waals surface area contributed by atoms with Gasteiger partial charge in [-0.05, 0) is 27.2 Å². The molecule has 0 radical (unpaired) electrons. The van der Waals surface area contributed by atoms with Crippen molar-refractivity contribution < 1.29 is 14.7 Å². The maximum atomic E-state index is 12.2. The lowest BCUT2D eigenvalue weighted by Gasteiger charge is -2.38. The molecule has 1 heterocycles. The van der Waals surface area contributed by atoms with Crippen LogP contribution in [0.15, 0.2) is 12.2 Å². The first-order valence-electron chi connectivity index (χ1n) is 5.75. The first-order chi connectivity index (χ1) is 7.82. The van der Waals surface area contributed by atoms with E-state index in [2.05, 4.69) is 0 Å². The molecule has 1 rings (SSSR count). The molecule has 2 amide bonds. The number of urea groups is 1. The van der Waals surface area contributed by atoms with Gasteiger partial charge < -0.3 is 14.9 Å². The molecule has 1 N–H and O–H groups in total. The molecule has 0 atom stereocenters. The molecule has 0 aliphatic carbocycles. The number of rotatable bonds is 2. The molecule has 17 heavy (non-hydrogen) atoms. The van der Waals surface area contributed by atoms with Crippen LogP contribution in [-0.4, -0.2) is 52.1 Å². The molecule has 0 unspecified atom stereocenters. The zero-order valence-corrected chi connectivity index (χ0v) is 10.6. The lowest BCUT2D eigenvalue weighted by atomic mass is 10.1. The van der Waals surface area contributed by atoms with Gasteiger partial charge in [-0.1, -0.05) is 12.2 Å². The van der Waals surface area contributed by atoms with Crippen molar-refractivity contribution in [2.75, 3.05) is 19.6 Å². The van der Waals surface area contributed by atoms with Gasteiger partial charge in [-0.2, -0.15) is 0 Å². The van der Waals surface area contributed by atoms with Crippen LogP contribution in [0.4, 0.5) is 4.79 Å². The highest BCUT2D eigenvalue weighted by atomic mass is 16.4. The van der Waals surface area contributed by atoms with Crippen molar-refractivity contribution in [1.82, 2.24) is 9.80 Å². The topological polar surface area (TPSA) is 60.9 Å². The van der Waals surface area contributed by atoms with E-state index in [9.17, 15) is 9.59 Å². The summed E-state index contributed by atoms with van der Waals surface area (Å²) in [6.45, 7) is 6.48. The zero-order valence-electron chi connectivity index (χ0n) is 10.6. The Morgan fingerprint density at radius 3 is 2.41 bits per heavy atom. The lowest BCUT2D eigenvalue weighted by molar-refractivity contribution is -0.138. The second-order valence-corrected chi connectivity index (χ2v) is 5.14. The standard InChI is InChI=1S/C12H20N2O3/c1-12(2,3)14(9-10(15)16)11(17)13-7-5-4-6-8-13/h4-5H,6-9H2,1-3H3,(H,15,16). The third-order valence-corrected chi connectivity index (χ3v) is 2.66. The number of carboxylic acid groups (broad SMARTS) is 1. The Morgan fingerprint density at radius 1 is 1.35 bits per heavy atom. The fourth-order valence-electron chi connectivity index (χ4n) is 1.71. The molecule has 0 fully saturated rings. The van der Waals surface area contributed by atoms with Crippen molar-refractivity contribution in [3.8, 4) is 0 Å². The second-order valence-electron chi connectivity index (χ2n) is 5.14. The molecular formula is C12H20N2O3. The average Bonchev–Trinajstić information content (AvgIpc) is 2.24. The minimum absolute atomic E-state index is 0.204. The number of hydrogen-bond acceptors (Lipinski definition) is 2. The van der Waals surface area contributed by atoms with Crippen LogP contribution in [0.2, 0.25) is 0 Å². The third kappa shape index (κ3) is 3.76. The van der Waals surface area contributed by atoms with Gasteiger partial charge in [0.2, 0.25) is 0 Å². The predicted octanol–water partition coefficient (Wildman–Crippen LogP) is 1.55. The maximum Gasteiger partial charge on any atom is 0.323 e. The van der Waals surface area contributed by atoms with Crippen molar-refractivity contribution >= 4 is 12.0 Å². The number of amides is 2. The van der Waals surface area contributed by atoms with Gasteiger partial charge in [-0.15, -0.1) is 0 Å². The van der Waals surface area contributed by atoms with Crippen LogP contribution in [-0.2, 0) is 4.79 Å². The smallest absolute Gasteiger partial charge is 0.323 e. The first-order valence-corrected chi connectivity index (χ1v) is 5.75. The predicted molar refractivity (Wildman–Crippen MR) is 64.8 cm³/mol. The summed E-state index contributed by atoms with van der Waals surface area (Å²) >= 11 is 0. The molecule has 0 aromatic carbocycles. The lowest BCUT2D eigenvalue weighted by Crippen LogP contribution is -2.54. The average molecular weight is 240 g/mol. The van der Waals surface area contributed by atoms with Crippen molar-refractivity contribution in [2.24, 2.45) is 0 Å². The molecule has 96 valence electrons. The van der Waals surface area contributed by atoms with E-state index in [1.807, 2.05) is 32.9 Å². The summed E-state index contributed by atoms with van der Waals surface area (Å²) in [6.07, 6.45) is 4.79. The Balaban J connectivity index is 2.78. The number of aliphatic carboxylic acids is 1. The Labute approximate surface area is 102 Å². The first kappa shape index (κ1) is 13.5. The van der Waals surface area contributed by atoms with Gasteiger partial charge in [0.15, 0.2) is 0 Å². The summed E-state index contributed by atoms with van der Waals surface area (Å²) in [5.41, 5.74) is -0.489. The number of nitrogens with zero attached hydrogens (tertiary/aromatic N) is 2. The van der Waals surface area contributed by atoms with Crippen LogP contribution in [0.3, 0.4) is 0 Å². The van der Waals surface area contributed by atoms with E-state index < -0.39 is 11.5 Å². The molecule has 1 aliphatic heterocycles. The van der Waals surface area contributed by atoms with Crippen molar-refractivity contribution in [3.63, 3.8) is 0 Å². The molecule has 0 aromatic rings. The van der Waals surface area contributed by atoms with Crippen LogP contribution in [0, 0.1) is 0 Å². The summed E-state index contributed by atoms with van der Waals surface area (Å²) in [5, 5.41) is 8.87. The highest BCUT2D eigenvalue weighted by Crippen LogP contribution is 2.16. The highest BCUT2D eigenvalue weighted by molar-refractivity contribution is 5.81. The summed E-state index contributed by atoms with van der Waals surface area (Å²) in [7, 11) is 0. The SMILES string of the molecule is CC(C)(C)N(CC(=O)O)C(=O)N1CC=CCC1. The maximum absolute atomic E-state index is 12.2.